The van der Waals surface area contributed by atoms with Gasteiger partial charge in [0.25, 0.3) is 5.91 Å². The summed E-state index contributed by atoms with van der Waals surface area (Å²) in [5, 5.41) is 5.51. The number of para-hydroxylation sites is 2. The van der Waals surface area contributed by atoms with E-state index in [9.17, 15) is 4.79 Å². The first-order valence-electron chi connectivity index (χ1n) is 12.1. The summed E-state index contributed by atoms with van der Waals surface area (Å²) in [6, 6.07) is 15.8. The topological polar surface area (TPSA) is 81.7 Å². The number of rotatable bonds is 6. The van der Waals surface area contributed by atoms with Gasteiger partial charge in [-0.05, 0) is 57.0 Å². The fourth-order valence-electron chi connectivity index (χ4n) is 4.79. The van der Waals surface area contributed by atoms with E-state index in [0.717, 1.165) is 53.0 Å². The molecule has 0 spiro atoms. The Bertz CT molecular complexity index is 1560. The molecule has 0 aliphatic heterocycles. The normalized spacial score (nSPS) is 13.6. The summed E-state index contributed by atoms with van der Waals surface area (Å²) < 4.78 is 3.92. The molecule has 1 aliphatic carbocycles. The van der Waals surface area contributed by atoms with E-state index < -0.39 is 0 Å². The maximum Gasteiger partial charge on any atom is 0.254 e. The number of carbonyl (C=O) groups excluding carboxylic acids is 1. The average Bonchev–Trinajstić information content (AvgIpc) is 3.60. The van der Waals surface area contributed by atoms with Crippen LogP contribution < -0.4 is 0 Å². The van der Waals surface area contributed by atoms with Crippen molar-refractivity contribution < 1.29 is 4.79 Å². The highest BCUT2D eigenvalue weighted by Gasteiger charge is 2.30. The van der Waals surface area contributed by atoms with Gasteiger partial charge in [-0.2, -0.15) is 9.78 Å². The molecule has 0 saturated heterocycles. The molecular weight excluding hydrogens is 438 g/mol. The van der Waals surface area contributed by atoms with Crippen molar-refractivity contribution in [2.75, 3.05) is 7.05 Å². The molecule has 0 bridgehead atoms. The number of hydrogen-bond donors (Lipinski definition) is 0. The molecule has 176 valence electrons. The predicted octanol–water partition coefficient (Wildman–Crippen LogP) is 4.64. The van der Waals surface area contributed by atoms with Gasteiger partial charge in [-0.3, -0.25) is 4.79 Å². The molecule has 6 rings (SSSR count). The number of carbonyl (C=O) groups is 1. The second kappa shape index (κ2) is 8.30. The average molecular weight is 466 g/mol. The molecular formula is C27H27N7O. The molecule has 1 aliphatic rings. The van der Waals surface area contributed by atoms with Crippen molar-refractivity contribution in [3.05, 3.63) is 77.5 Å². The van der Waals surface area contributed by atoms with Crippen molar-refractivity contribution >= 4 is 28.0 Å². The summed E-state index contributed by atoms with van der Waals surface area (Å²) in [5.74, 6) is 1.90. The zero-order valence-corrected chi connectivity index (χ0v) is 20.1. The molecule has 1 saturated carbocycles. The summed E-state index contributed by atoms with van der Waals surface area (Å²) in [4.78, 5) is 29.8. The minimum atomic E-state index is -0.0577. The van der Waals surface area contributed by atoms with E-state index in [1.54, 1.807) is 15.8 Å². The van der Waals surface area contributed by atoms with Crippen LogP contribution in [-0.4, -0.2) is 47.2 Å². The number of benzene rings is 1. The Kier molecular flexibility index (Phi) is 5.09. The highest BCUT2D eigenvalue weighted by atomic mass is 16.2. The lowest BCUT2D eigenvalue weighted by Crippen LogP contribution is -2.28. The van der Waals surface area contributed by atoms with Crippen molar-refractivity contribution in [2.45, 2.75) is 45.7 Å². The summed E-state index contributed by atoms with van der Waals surface area (Å²) >= 11 is 0. The first-order valence-corrected chi connectivity index (χ1v) is 12.1. The highest BCUT2D eigenvalue weighted by molar-refractivity contribution is 6.06. The van der Waals surface area contributed by atoms with E-state index in [2.05, 4.69) is 22.5 Å². The maximum absolute atomic E-state index is 13.9. The summed E-state index contributed by atoms with van der Waals surface area (Å²) in [6.07, 6.45) is 3.93. The third-order valence-corrected chi connectivity index (χ3v) is 6.70. The van der Waals surface area contributed by atoms with E-state index in [-0.39, 0.29) is 5.91 Å². The first-order chi connectivity index (χ1) is 17.0. The Balaban J connectivity index is 1.43. The van der Waals surface area contributed by atoms with Crippen LogP contribution in [0.1, 0.15) is 53.3 Å². The van der Waals surface area contributed by atoms with E-state index in [1.807, 2.05) is 56.4 Å². The molecule has 5 aromatic rings. The van der Waals surface area contributed by atoms with E-state index in [1.165, 1.54) is 0 Å². The maximum atomic E-state index is 13.9. The molecule has 0 atom stereocenters. The number of aromatic nitrogens is 6. The molecule has 8 heteroatoms. The Morgan fingerprint density at radius 3 is 2.66 bits per heavy atom. The Hall–Kier alpha value is -4.07. The second-order valence-electron chi connectivity index (χ2n) is 9.17. The predicted molar refractivity (Wildman–Crippen MR) is 135 cm³/mol. The van der Waals surface area contributed by atoms with Crippen LogP contribution in [0.2, 0.25) is 0 Å². The quantitative estimate of drug-likeness (QED) is 0.365. The second-order valence-corrected chi connectivity index (χ2v) is 9.17. The Morgan fingerprint density at radius 1 is 1.11 bits per heavy atom. The van der Waals surface area contributed by atoms with Gasteiger partial charge in [-0.25, -0.2) is 15.0 Å². The molecule has 1 fully saturated rings. The summed E-state index contributed by atoms with van der Waals surface area (Å²) in [6.45, 7) is 5.23. The number of imidazole rings is 1. The van der Waals surface area contributed by atoms with Gasteiger partial charge in [0.15, 0.2) is 11.5 Å². The van der Waals surface area contributed by atoms with Gasteiger partial charge in [0.05, 0.1) is 34.2 Å². The standard InChI is InChI=1S/C27H27N7O/c1-4-33-22-10-6-5-9-20(22)29-24(33)16-32(3)27(35)19-15-21(18-12-13-18)30-26-25(19)17(2)31-34(26)23-11-7-8-14-28-23/h5-11,14-15,18H,4,12-13,16H2,1-3H3. The Morgan fingerprint density at radius 2 is 1.91 bits per heavy atom. The minimum absolute atomic E-state index is 0.0577. The van der Waals surface area contributed by atoms with Gasteiger partial charge in [-0.1, -0.05) is 18.2 Å². The molecule has 0 radical (unpaired) electrons. The molecule has 0 N–H and O–H groups in total. The first kappa shape index (κ1) is 21.5. The lowest BCUT2D eigenvalue weighted by atomic mass is 10.1. The van der Waals surface area contributed by atoms with Crippen LogP contribution in [0, 0.1) is 6.92 Å². The van der Waals surface area contributed by atoms with E-state index in [0.29, 0.717) is 29.5 Å². The number of hydrogen-bond acceptors (Lipinski definition) is 5. The van der Waals surface area contributed by atoms with Crippen molar-refractivity contribution in [3.63, 3.8) is 0 Å². The third kappa shape index (κ3) is 3.65. The molecule has 8 nitrogen and oxygen atoms in total. The van der Waals surface area contributed by atoms with Crippen molar-refractivity contribution in [2.24, 2.45) is 0 Å². The lowest BCUT2D eigenvalue weighted by molar-refractivity contribution is 0.0782. The number of aryl methyl sites for hydroxylation is 2. The van der Waals surface area contributed by atoms with Crippen LogP contribution in [0.15, 0.2) is 54.7 Å². The molecule has 1 amide bonds. The van der Waals surface area contributed by atoms with Gasteiger partial charge in [0.2, 0.25) is 0 Å². The molecule has 1 aromatic carbocycles. The Labute approximate surface area is 203 Å². The van der Waals surface area contributed by atoms with E-state index >= 15 is 0 Å². The van der Waals surface area contributed by atoms with Gasteiger partial charge >= 0.3 is 0 Å². The fourth-order valence-corrected chi connectivity index (χ4v) is 4.79. The van der Waals surface area contributed by atoms with Crippen LogP contribution >= 0.6 is 0 Å². The summed E-state index contributed by atoms with van der Waals surface area (Å²) in [7, 11) is 1.84. The van der Waals surface area contributed by atoms with Crippen LogP contribution in [-0.2, 0) is 13.1 Å². The highest BCUT2D eigenvalue weighted by Crippen LogP contribution is 2.41. The molecule has 35 heavy (non-hydrogen) atoms. The van der Waals surface area contributed by atoms with Gasteiger partial charge < -0.3 is 9.47 Å². The largest absolute Gasteiger partial charge is 0.334 e. The van der Waals surface area contributed by atoms with E-state index in [4.69, 9.17) is 15.1 Å². The SMILES string of the molecule is CCn1c(CN(C)C(=O)c2cc(C3CC3)nc3c2c(C)nn3-c2ccccn2)nc2ccccc21. The zero-order valence-electron chi connectivity index (χ0n) is 20.1. The third-order valence-electron chi connectivity index (χ3n) is 6.70. The van der Waals surface area contributed by atoms with Crippen LogP contribution in [0.3, 0.4) is 0 Å². The number of fused-ring (bicyclic) bond motifs is 2. The van der Waals surface area contributed by atoms with Crippen molar-refractivity contribution in [1.82, 2.24) is 34.2 Å². The van der Waals surface area contributed by atoms with Crippen molar-refractivity contribution in [1.29, 1.82) is 0 Å². The number of amides is 1. The molecule has 0 unspecified atom stereocenters. The van der Waals surface area contributed by atoms with Gasteiger partial charge in [0.1, 0.15) is 5.82 Å². The van der Waals surface area contributed by atoms with Crippen LogP contribution in [0.5, 0.6) is 0 Å². The van der Waals surface area contributed by atoms with Gasteiger partial charge in [-0.15, -0.1) is 0 Å². The monoisotopic (exact) mass is 465 g/mol. The number of nitrogens with zero attached hydrogens (tertiary/aromatic N) is 7. The fraction of sp³-hybridized carbons (Fsp3) is 0.296. The smallest absolute Gasteiger partial charge is 0.254 e. The lowest BCUT2D eigenvalue weighted by Gasteiger charge is -2.19. The van der Waals surface area contributed by atoms with Crippen LogP contribution in [0.25, 0.3) is 27.9 Å². The molecule has 4 aromatic heterocycles. The summed E-state index contributed by atoms with van der Waals surface area (Å²) in [5.41, 5.74) is 5.06. The molecule has 4 heterocycles. The minimum Gasteiger partial charge on any atom is -0.334 e. The zero-order chi connectivity index (χ0) is 24.1. The van der Waals surface area contributed by atoms with Crippen LogP contribution in [0.4, 0.5) is 0 Å². The van der Waals surface area contributed by atoms with Crippen molar-refractivity contribution in [3.8, 4) is 5.82 Å². The van der Waals surface area contributed by atoms with Gasteiger partial charge in [0, 0.05) is 31.4 Å². The number of pyridine rings is 2.